The molecule has 1 unspecified atom stereocenters. The molecule has 7 heteroatoms. The van der Waals surface area contributed by atoms with Crippen LogP contribution in [0, 0.1) is 5.41 Å². The largest absolute Gasteiger partial charge is 0.307 e. The van der Waals surface area contributed by atoms with Crippen LogP contribution in [0.15, 0.2) is 23.2 Å². The van der Waals surface area contributed by atoms with Gasteiger partial charge in [-0.25, -0.2) is 24.0 Å². The first-order valence-corrected chi connectivity index (χ1v) is 7.76. The minimum Gasteiger partial charge on any atom is -0.307 e. The van der Waals surface area contributed by atoms with Crippen molar-refractivity contribution in [2.75, 3.05) is 5.43 Å². The topological polar surface area (TPSA) is 97.1 Å². The molecule has 6 nitrogen and oxygen atoms in total. The number of aromatic nitrogens is 1. The summed E-state index contributed by atoms with van der Waals surface area (Å²) < 4.78 is 27.4. The molecule has 0 bridgehead atoms. The zero-order chi connectivity index (χ0) is 14.1. The van der Waals surface area contributed by atoms with Crippen molar-refractivity contribution in [3.05, 3.63) is 18.3 Å². The first-order valence-electron chi connectivity index (χ1n) is 6.28. The summed E-state index contributed by atoms with van der Waals surface area (Å²) in [4.78, 5) is 4.00. The number of hydrogen-bond acceptors (Lipinski definition) is 5. The molecule has 19 heavy (non-hydrogen) atoms. The summed E-state index contributed by atoms with van der Waals surface area (Å²) in [6.07, 6.45) is 4.22. The second-order valence-electron chi connectivity index (χ2n) is 5.72. The average Bonchev–Trinajstić information content (AvgIpc) is 2.67. The van der Waals surface area contributed by atoms with Crippen molar-refractivity contribution in [2.45, 2.75) is 44.0 Å². The Labute approximate surface area is 113 Å². The fourth-order valence-electron chi connectivity index (χ4n) is 2.54. The van der Waals surface area contributed by atoms with Crippen LogP contribution >= 0.6 is 0 Å². The molecule has 106 valence electrons. The molecule has 1 fully saturated rings. The van der Waals surface area contributed by atoms with Gasteiger partial charge >= 0.3 is 0 Å². The highest BCUT2D eigenvalue weighted by molar-refractivity contribution is 7.89. The minimum atomic E-state index is -3.59. The minimum absolute atomic E-state index is 0.0224. The fourth-order valence-corrected chi connectivity index (χ4v) is 3.93. The predicted octanol–water partition coefficient (Wildman–Crippen LogP) is 1.22. The smallest absolute Gasteiger partial charge is 0.244 e. The summed E-state index contributed by atoms with van der Waals surface area (Å²) in [6.45, 7) is 4.30. The fraction of sp³-hybridized carbons (Fsp3) is 0.583. The van der Waals surface area contributed by atoms with Crippen molar-refractivity contribution in [3.63, 3.8) is 0 Å². The third-order valence-corrected chi connectivity index (χ3v) is 5.04. The van der Waals surface area contributed by atoms with Crippen LogP contribution in [0.25, 0.3) is 0 Å². The molecule has 0 aliphatic heterocycles. The van der Waals surface area contributed by atoms with Crippen molar-refractivity contribution in [1.29, 1.82) is 0 Å². The lowest BCUT2D eigenvalue weighted by molar-refractivity contribution is 0.372. The molecular formula is C12H20N4O2S. The summed E-state index contributed by atoms with van der Waals surface area (Å²) in [6, 6.07) is 3.05. The summed E-state index contributed by atoms with van der Waals surface area (Å²) in [5, 5.41) is 0. The summed E-state index contributed by atoms with van der Waals surface area (Å²) in [7, 11) is -3.59. The second-order valence-corrected chi connectivity index (χ2v) is 7.40. The maximum Gasteiger partial charge on any atom is 0.244 e. The van der Waals surface area contributed by atoms with Gasteiger partial charge in [-0.1, -0.05) is 13.8 Å². The van der Waals surface area contributed by atoms with E-state index in [1.807, 2.05) is 0 Å². The highest BCUT2D eigenvalue weighted by Crippen LogP contribution is 2.37. The molecule has 0 aromatic carbocycles. The number of nitrogens with zero attached hydrogens (tertiary/aromatic N) is 1. The SMILES string of the molecule is CC1(C)CCC(NS(=O)(=O)c2cccnc2NN)C1. The Morgan fingerprint density at radius 2 is 2.21 bits per heavy atom. The van der Waals surface area contributed by atoms with E-state index in [1.165, 1.54) is 12.3 Å². The van der Waals surface area contributed by atoms with Crippen molar-refractivity contribution < 1.29 is 8.42 Å². The van der Waals surface area contributed by atoms with E-state index in [0.717, 1.165) is 19.3 Å². The standard InChI is InChI=1S/C12H20N4O2S/c1-12(2)6-5-9(8-12)16-19(17,18)10-4-3-7-14-11(10)15-13/h3-4,7,9,16H,5-6,8,13H2,1-2H3,(H,14,15). The molecule has 0 amide bonds. The Bertz CT molecular complexity index is 557. The number of pyridine rings is 1. The van der Waals surface area contributed by atoms with Gasteiger partial charge in [0, 0.05) is 12.2 Å². The van der Waals surface area contributed by atoms with E-state index in [2.05, 4.69) is 29.0 Å². The van der Waals surface area contributed by atoms with Crippen LogP contribution in [-0.4, -0.2) is 19.4 Å². The van der Waals surface area contributed by atoms with Crippen LogP contribution in [0.1, 0.15) is 33.1 Å². The summed E-state index contributed by atoms with van der Waals surface area (Å²) >= 11 is 0. The molecule has 0 radical (unpaired) electrons. The van der Waals surface area contributed by atoms with Crippen LogP contribution in [0.4, 0.5) is 5.82 Å². The Hall–Kier alpha value is -1.18. The lowest BCUT2D eigenvalue weighted by Gasteiger charge is -2.18. The number of anilines is 1. The molecule has 2 rings (SSSR count). The number of nitrogens with two attached hydrogens (primary N) is 1. The second kappa shape index (κ2) is 5.07. The van der Waals surface area contributed by atoms with Gasteiger partial charge in [0.05, 0.1) is 0 Å². The zero-order valence-corrected chi connectivity index (χ0v) is 12.0. The Balaban J connectivity index is 2.19. The molecule has 1 aliphatic rings. The molecule has 1 aromatic heterocycles. The lowest BCUT2D eigenvalue weighted by Crippen LogP contribution is -2.34. The molecule has 0 saturated heterocycles. The van der Waals surface area contributed by atoms with Gasteiger partial charge < -0.3 is 5.43 Å². The molecule has 1 aromatic rings. The Morgan fingerprint density at radius 3 is 2.79 bits per heavy atom. The highest BCUT2D eigenvalue weighted by atomic mass is 32.2. The van der Waals surface area contributed by atoms with Gasteiger partial charge in [0.15, 0.2) is 5.82 Å². The Kier molecular flexibility index (Phi) is 3.80. The number of hydrogen-bond donors (Lipinski definition) is 3. The van der Waals surface area contributed by atoms with Crippen LogP contribution in [0.2, 0.25) is 0 Å². The number of hydrazine groups is 1. The third-order valence-electron chi connectivity index (χ3n) is 3.49. The van der Waals surface area contributed by atoms with E-state index in [9.17, 15) is 8.42 Å². The van der Waals surface area contributed by atoms with Gasteiger partial charge in [-0.3, -0.25) is 0 Å². The van der Waals surface area contributed by atoms with Gasteiger partial charge in [0.2, 0.25) is 10.0 Å². The number of nitrogens with one attached hydrogen (secondary N) is 2. The van der Waals surface area contributed by atoms with Crippen LogP contribution < -0.4 is 16.0 Å². The number of sulfonamides is 1. The quantitative estimate of drug-likeness (QED) is 0.570. The van der Waals surface area contributed by atoms with E-state index in [4.69, 9.17) is 5.84 Å². The van der Waals surface area contributed by atoms with Crippen molar-refractivity contribution in [2.24, 2.45) is 11.3 Å². The molecule has 0 spiro atoms. The van der Waals surface area contributed by atoms with Gasteiger partial charge in [0.1, 0.15) is 4.90 Å². The molecule has 4 N–H and O–H groups in total. The molecule has 1 heterocycles. The van der Waals surface area contributed by atoms with E-state index in [1.54, 1.807) is 6.07 Å². The van der Waals surface area contributed by atoms with E-state index in [0.29, 0.717) is 0 Å². The first kappa shape index (κ1) is 14.2. The van der Waals surface area contributed by atoms with Crippen molar-refractivity contribution in [1.82, 2.24) is 9.71 Å². The van der Waals surface area contributed by atoms with Gasteiger partial charge in [-0.2, -0.15) is 0 Å². The predicted molar refractivity (Wildman–Crippen MR) is 73.8 cm³/mol. The number of nitrogen functional groups attached to an aromatic ring is 1. The van der Waals surface area contributed by atoms with E-state index in [-0.39, 0.29) is 22.2 Å². The van der Waals surface area contributed by atoms with Gasteiger partial charge in [-0.05, 0) is 36.8 Å². The zero-order valence-electron chi connectivity index (χ0n) is 11.2. The van der Waals surface area contributed by atoms with Crippen LogP contribution in [0.3, 0.4) is 0 Å². The molecule has 1 aliphatic carbocycles. The van der Waals surface area contributed by atoms with Gasteiger partial charge in [0.25, 0.3) is 0 Å². The Morgan fingerprint density at radius 1 is 1.47 bits per heavy atom. The maximum absolute atomic E-state index is 12.3. The van der Waals surface area contributed by atoms with Gasteiger partial charge in [-0.15, -0.1) is 0 Å². The van der Waals surface area contributed by atoms with E-state index < -0.39 is 10.0 Å². The summed E-state index contributed by atoms with van der Waals surface area (Å²) in [5.74, 6) is 5.45. The first-order chi connectivity index (χ1) is 8.84. The maximum atomic E-state index is 12.3. The highest BCUT2D eigenvalue weighted by Gasteiger charge is 2.34. The third kappa shape index (κ3) is 3.23. The molecule has 1 atom stereocenters. The lowest BCUT2D eigenvalue weighted by atomic mass is 9.92. The number of rotatable bonds is 4. The molecule has 1 saturated carbocycles. The van der Waals surface area contributed by atoms with Crippen molar-refractivity contribution >= 4 is 15.8 Å². The van der Waals surface area contributed by atoms with Crippen LogP contribution in [0.5, 0.6) is 0 Å². The summed E-state index contributed by atoms with van der Waals surface area (Å²) in [5.41, 5.74) is 2.50. The van der Waals surface area contributed by atoms with Crippen molar-refractivity contribution in [3.8, 4) is 0 Å². The average molecular weight is 284 g/mol. The van der Waals surface area contributed by atoms with E-state index >= 15 is 0 Å². The normalized spacial score (nSPS) is 22.4. The monoisotopic (exact) mass is 284 g/mol. The van der Waals surface area contributed by atoms with Crippen LogP contribution in [-0.2, 0) is 10.0 Å². The molecular weight excluding hydrogens is 264 g/mol.